The Hall–Kier alpha value is -3.35. The highest BCUT2D eigenvalue weighted by Gasteiger charge is 2.27. The highest BCUT2D eigenvalue weighted by molar-refractivity contribution is 6.04. The third-order valence-corrected chi connectivity index (χ3v) is 6.13. The third-order valence-electron chi connectivity index (χ3n) is 6.13. The Morgan fingerprint density at radius 1 is 0.938 bits per heavy atom. The molecule has 0 spiro atoms. The maximum absolute atomic E-state index is 13.2. The Labute approximate surface area is 187 Å². The summed E-state index contributed by atoms with van der Waals surface area (Å²) in [6.45, 7) is 8.07. The zero-order chi connectivity index (χ0) is 22.8. The number of nitrogens with zero attached hydrogens (tertiary/aromatic N) is 3. The molecule has 2 heterocycles. The molecular formula is C25H30N4O3. The number of para-hydroxylation sites is 3. The summed E-state index contributed by atoms with van der Waals surface area (Å²) in [5.41, 5.74) is 2.25. The van der Waals surface area contributed by atoms with Crippen LogP contribution in [0.3, 0.4) is 0 Å². The van der Waals surface area contributed by atoms with Gasteiger partial charge in [0.25, 0.3) is 5.91 Å². The molecule has 2 amide bonds. The monoisotopic (exact) mass is 434 g/mol. The Balaban J connectivity index is 1.57. The molecule has 2 aromatic carbocycles. The minimum atomic E-state index is -0.341. The van der Waals surface area contributed by atoms with Gasteiger partial charge in [-0.05, 0) is 49.4 Å². The highest BCUT2D eigenvalue weighted by atomic mass is 16.2. The molecule has 0 radical (unpaired) electrons. The van der Waals surface area contributed by atoms with Gasteiger partial charge in [0.2, 0.25) is 5.91 Å². The van der Waals surface area contributed by atoms with E-state index in [1.54, 1.807) is 28.8 Å². The van der Waals surface area contributed by atoms with Crippen molar-refractivity contribution in [3.8, 4) is 0 Å². The number of imidazole rings is 1. The minimum Gasteiger partial charge on any atom is -0.338 e. The number of piperidine rings is 1. The van der Waals surface area contributed by atoms with Crippen LogP contribution >= 0.6 is 0 Å². The van der Waals surface area contributed by atoms with Crippen LogP contribution in [-0.2, 0) is 17.9 Å². The number of benzene rings is 2. The van der Waals surface area contributed by atoms with Crippen molar-refractivity contribution >= 4 is 28.5 Å². The Kier molecular flexibility index (Phi) is 6.17. The molecule has 32 heavy (non-hydrogen) atoms. The van der Waals surface area contributed by atoms with Gasteiger partial charge in [0.05, 0.1) is 22.3 Å². The van der Waals surface area contributed by atoms with Crippen LogP contribution in [0.25, 0.3) is 11.0 Å². The van der Waals surface area contributed by atoms with Gasteiger partial charge in [-0.25, -0.2) is 4.79 Å². The summed E-state index contributed by atoms with van der Waals surface area (Å²) in [6.07, 6.45) is 1.11. The predicted octanol–water partition coefficient (Wildman–Crippen LogP) is 3.58. The molecule has 7 heteroatoms. The van der Waals surface area contributed by atoms with E-state index in [1.807, 2.05) is 36.1 Å². The second-order valence-electron chi connectivity index (χ2n) is 8.85. The molecule has 1 fully saturated rings. The van der Waals surface area contributed by atoms with Gasteiger partial charge in [-0.15, -0.1) is 0 Å². The Bertz CT molecular complexity index is 1200. The summed E-state index contributed by atoms with van der Waals surface area (Å²) in [4.78, 5) is 40.9. The van der Waals surface area contributed by atoms with Crippen LogP contribution < -0.4 is 11.0 Å². The lowest BCUT2D eigenvalue weighted by molar-refractivity contribution is -0.116. The molecule has 1 aliphatic rings. The molecule has 0 saturated carbocycles. The van der Waals surface area contributed by atoms with Gasteiger partial charge in [-0.2, -0.15) is 0 Å². The molecule has 2 atom stereocenters. The van der Waals surface area contributed by atoms with Crippen LogP contribution in [0.1, 0.15) is 37.6 Å². The predicted molar refractivity (Wildman–Crippen MR) is 126 cm³/mol. The van der Waals surface area contributed by atoms with E-state index < -0.39 is 0 Å². The number of carbonyl (C=O) groups is 2. The van der Waals surface area contributed by atoms with Crippen molar-refractivity contribution in [2.45, 2.75) is 40.3 Å². The van der Waals surface area contributed by atoms with Crippen LogP contribution in [0.4, 0.5) is 5.69 Å². The minimum absolute atomic E-state index is 0.0703. The SMILES string of the molecule is CCn1c(=O)n(CC(=O)Nc2ccccc2C(=O)N2CC(C)CC(C)C2)c2ccccc21. The van der Waals surface area contributed by atoms with Gasteiger partial charge in [0, 0.05) is 19.6 Å². The molecule has 1 aliphatic heterocycles. The number of likely N-dealkylation sites (tertiary alicyclic amines) is 1. The molecule has 1 aromatic heterocycles. The second-order valence-corrected chi connectivity index (χ2v) is 8.85. The fourth-order valence-corrected chi connectivity index (χ4v) is 4.84. The number of fused-ring (bicyclic) bond motifs is 1. The highest BCUT2D eigenvalue weighted by Crippen LogP contribution is 2.25. The van der Waals surface area contributed by atoms with E-state index in [2.05, 4.69) is 19.2 Å². The number of aromatic nitrogens is 2. The Morgan fingerprint density at radius 3 is 2.19 bits per heavy atom. The number of carbonyl (C=O) groups excluding carboxylic acids is 2. The van der Waals surface area contributed by atoms with Crippen molar-refractivity contribution in [2.24, 2.45) is 11.8 Å². The van der Waals surface area contributed by atoms with E-state index in [9.17, 15) is 14.4 Å². The lowest BCUT2D eigenvalue weighted by atomic mass is 9.91. The van der Waals surface area contributed by atoms with Crippen molar-refractivity contribution in [1.29, 1.82) is 0 Å². The van der Waals surface area contributed by atoms with E-state index in [4.69, 9.17) is 0 Å². The number of aryl methyl sites for hydroxylation is 1. The maximum Gasteiger partial charge on any atom is 0.329 e. The first kappa shape index (κ1) is 21.9. The first-order valence-corrected chi connectivity index (χ1v) is 11.2. The largest absolute Gasteiger partial charge is 0.338 e. The molecule has 3 aromatic rings. The maximum atomic E-state index is 13.2. The molecule has 1 saturated heterocycles. The first-order valence-electron chi connectivity index (χ1n) is 11.2. The average Bonchev–Trinajstić information content (AvgIpc) is 3.03. The van der Waals surface area contributed by atoms with E-state index in [1.165, 1.54) is 4.57 Å². The molecule has 0 bridgehead atoms. The van der Waals surface area contributed by atoms with E-state index in [0.29, 0.717) is 29.6 Å². The fraction of sp³-hybridized carbons (Fsp3) is 0.400. The summed E-state index contributed by atoms with van der Waals surface area (Å²) in [5.74, 6) is 0.491. The zero-order valence-electron chi connectivity index (χ0n) is 18.9. The number of hydrogen-bond acceptors (Lipinski definition) is 3. The molecule has 0 aliphatic carbocycles. The van der Waals surface area contributed by atoms with Crippen molar-refractivity contribution in [3.05, 3.63) is 64.6 Å². The molecule has 168 valence electrons. The van der Waals surface area contributed by atoms with E-state index in [0.717, 1.165) is 30.5 Å². The molecule has 7 nitrogen and oxygen atoms in total. The third kappa shape index (κ3) is 4.20. The smallest absolute Gasteiger partial charge is 0.329 e. The van der Waals surface area contributed by atoms with Gasteiger partial charge >= 0.3 is 5.69 Å². The standard InChI is InChI=1S/C25H30N4O3/c1-4-28-21-11-7-8-12-22(21)29(25(28)32)16-23(30)26-20-10-6-5-9-19(20)24(31)27-14-17(2)13-18(3)15-27/h5-12,17-18H,4,13-16H2,1-3H3,(H,26,30). The van der Waals surface area contributed by atoms with Crippen LogP contribution in [0.5, 0.6) is 0 Å². The summed E-state index contributed by atoms with van der Waals surface area (Å²) < 4.78 is 3.13. The second kappa shape index (κ2) is 9.02. The van der Waals surface area contributed by atoms with E-state index in [-0.39, 0.29) is 24.0 Å². The van der Waals surface area contributed by atoms with Crippen molar-refractivity contribution < 1.29 is 9.59 Å². The molecule has 4 rings (SSSR count). The van der Waals surface area contributed by atoms with Crippen LogP contribution in [0, 0.1) is 11.8 Å². The Morgan fingerprint density at radius 2 is 1.53 bits per heavy atom. The van der Waals surface area contributed by atoms with Gasteiger partial charge in [-0.1, -0.05) is 38.1 Å². The fourth-order valence-electron chi connectivity index (χ4n) is 4.84. The zero-order valence-corrected chi connectivity index (χ0v) is 18.9. The quantitative estimate of drug-likeness (QED) is 0.667. The van der Waals surface area contributed by atoms with Crippen LogP contribution in [-0.4, -0.2) is 38.9 Å². The average molecular weight is 435 g/mol. The summed E-state index contributed by atoms with van der Waals surface area (Å²) in [7, 11) is 0. The topological polar surface area (TPSA) is 76.3 Å². The van der Waals surface area contributed by atoms with Gasteiger partial charge in [0.1, 0.15) is 6.54 Å². The van der Waals surface area contributed by atoms with Gasteiger partial charge in [0.15, 0.2) is 0 Å². The van der Waals surface area contributed by atoms with Crippen molar-refractivity contribution in [3.63, 3.8) is 0 Å². The van der Waals surface area contributed by atoms with Crippen molar-refractivity contribution in [1.82, 2.24) is 14.0 Å². The summed E-state index contributed by atoms with van der Waals surface area (Å²) >= 11 is 0. The number of hydrogen-bond donors (Lipinski definition) is 1. The van der Waals surface area contributed by atoms with Crippen molar-refractivity contribution in [2.75, 3.05) is 18.4 Å². The lowest BCUT2D eigenvalue weighted by Gasteiger charge is -2.35. The lowest BCUT2D eigenvalue weighted by Crippen LogP contribution is -2.42. The normalized spacial score (nSPS) is 18.7. The number of rotatable bonds is 5. The molecule has 1 N–H and O–H groups in total. The number of amides is 2. The summed E-state index contributed by atoms with van der Waals surface area (Å²) in [6, 6.07) is 14.5. The number of nitrogens with one attached hydrogen (secondary N) is 1. The van der Waals surface area contributed by atoms with E-state index >= 15 is 0 Å². The molecule has 2 unspecified atom stereocenters. The van der Waals surface area contributed by atoms with Crippen LogP contribution in [0.2, 0.25) is 0 Å². The van der Waals surface area contributed by atoms with Gasteiger partial charge in [-0.3, -0.25) is 18.7 Å². The first-order chi connectivity index (χ1) is 15.4. The van der Waals surface area contributed by atoms with Gasteiger partial charge < -0.3 is 10.2 Å². The number of anilines is 1. The van der Waals surface area contributed by atoms with Crippen LogP contribution in [0.15, 0.2) is 53.3 Å². The molecular weight excluding hydrogens is 404 g/mol. The summed E-state index contributed by atoms with van der Waals surface area (Å²) in [5, 5.41) is 2.87.